The average Bonchev–Trinajstić information content (AvgIpc) is 3.13. The lowest BCUT2D eigenvalue weighted by atomic mass is 10.2. The van der Waals surface area contributed by atoms with Gasteiger partial charge in [0.05, 0.1) is 4.91 Å². The molecule has 8 heteroatoms. The lowest BCUT2D eigenvalue weighted by molar-refractivity contribution is -0.115. The summed E-state index contributed by atoms with van der Waals surface area (Å²) >= 11 is 10.5. The molecule has 0 radical (unpaired) electrons. The normalized spacial score (nSPS) is 15.8. The number of ether oxygens (including phenoxy) is 1. The van der Waals surface area contributed by atoms with Crippen molar-refractivity contribution in [2.45, 2.75) is 6.61 Å². The largest absolute Gasteiger partial charge is 0.488 e. The number of carbonyl (C=O) groups is 2. The molecule has 160 valence electrons. The summed E-state index contributed by atoms with van der Waals surface area (Å²) in [4.78, 5) is 29.2. The highest BCUT2D eigenvalue weighted by atomic mass is 79.9. The summed E-state index contributed by atoms with van der Waals surface area (Å²) in [6.45, 7) is 0.354. The number of benzene rings is 3. The summed E-state index contributed by atoms with van der Waals surface area (Å²) in [5.41, 5.74) is 2.15. The second-order valence-electron chi connectivity index (χ2n) is 6.75. The van der Waals surface area contributed by atoms with Crippen molar-refractivity contribution in [2.75, 3.05) is 0 Å². The van der Waals surface area contributed by atoms with Gasteiger partial charge in [-0.1, -0.05) is 57.9 Å². The first-order valence-corrected chi connectivity index (χ1v) is 11.5. The number of nitrogens with one attached hydrogen (secondary N) is 1. The van der Waals surface area contributed by atoms with E-state index in [-0.39, 0.29) is 11.1 Å². The Morgan fingerprint density at radius 1 is 1.09 bits per heavy atom. The predicted octanol–water partition coefficient (Wildman–Crippen LogP) is 6.08. The van der Waals surface area contributed by atoms with Crippen LogP contribution in [0.15, 0.2) is 87.2 Å². The number of rotatable bonds is 5. The molecule has 5 nitrogen and oxygen atoms in total. The third kappa shape index (κ3) is 5.68. The van der Waals surface area contributed by atoms with Crippen LogP contribution in [0.3, 0.4) is 0 Å². The van der Waals surface area contributed by atoms with Gasteiger partial charge in [-0.25, -0.2) is 0 Å². The molecule has 0 saturated carbocycles. The van der Waals surface area contributed by atoms with Gasteiger partial charge in [0.25, 0.3) is 11.8 Å². The smallest absolute Gasteiger partial charge is 0.279 e. The number of hydrogen-bond acceptors (Lipinski definition) is 4. The van der Waals surface area contributed by atoms with Gasteiger partial charge >= 0.3 is 0 Å². The lowest BCUT2D eigenvalue weighted by Gasteiger charge is -2.10. The zero-order chi connectivity index (χ0) is 22.5. The molecule has 1 aliphatic heterocycles. The van der Waals surface area contributed by atoms with Crippen molar-refractivity contribution in [1.29, 1.82) is 0 Å². The van der Waals surface area contributed by atoms with Gasteiger partial charge in [-0.05, 0) is 65.9 Å². The second kappa shape index (κ2) is 10.2. The van der Waals surface area contributed by atoms with Gasteiger partial charge in [0.2, 0.25) is 0 Å². The van der Waals surface area contributed by atoms with Crippen LogP contribution in [0.1, 0.15) is 21.5 Å². The average molecular weight is 528 g/mol. The van der Waals surface area contributed by atoms with Crippen molar-refractivity contribution in [1.82, 2.24) is 5.32 Å². The van der Waals surface area contributed by atoms with E-state index in [2.05, 4.69) is 26.2 Å². The summed E-state index contributed by atoms with van der Waals surface area (Å²) in [6, 6.07) is 21.7. The summed E-state index contributed by atoms with van der Waals surface area (Å²) in [5, 5.41) is 3.55. The molecule has 3 aromatic carbocycles. The molecular weight excluding hydrogens is 512 g/mol. The number of thioether (sulfide) groups is 1. The standard InChI is InChI=1S/C24H16BrClN2O3S/c25-18-8-11-20(31-14-15-6-9-19(26)10-7-15)17(12-18)13-21-23(30)28-24(32-21)27-22(29)16-4-2-1-3-5-16/h1-13H,14H2,(H,27,28,29,30)/b21-13-. The fraction of sp³-hybridized carbons (Fsp3) is 0.0417. The number of hydrogen-bond donors (Lipinski definition) is 1. The predicted molar refractivity (Wildman–Crippen MR) is 132 cm³/mol. The molecule has 0 bridgehead atoms. The van der Waals surface area contributed by atoms with Gasteiger partial charge in [0, 0.05) is 20.6 Å². The molecule has 2 amide bonds. The Balaban J connectivity index is 1.53. The first kappa shape index (κ1) is 22.3. The highest BCUT2D eigenvalue weighted by Crippen LogP contribution is 2.31. The van der Waals surface area contributed by atoms with Gasteiger partial charge in [-0.2, -0.15) is 4.99 Å². The number of amidine groups is 1. The van der Waals surface area contributed by atoms with Crippen LogP contribution in [-0.2, 0) is 11.4 Å². The molecule has 3 aromatic rings. The second-order valence-corrected chi connectivity index (χ2v) is 9.13. The van der Waals surface area contributed by atoms with E-state index in [0.29, 0.717) is 27.8 Å². The Morgan fingerprint density at radius 2 is 1.84 bits per heavy atom. The number of carbonyl (C=O) groups excluding carboxylic acids is 2. The third-order valence-electron chi connectivity index (χ3n) is 4.44. The molecule has 1 fully saturated rings. The number of nitrogens with zero attached hydrogens (tertiary/aromatic N) is 1. The van der Waals surface area contributed by atoms with Crippen molar-refractivity contribution in [3.05, 3.63) is 104 Å². The van der Waals surface area contributed by atoms with Gasteiger partial charge in [0.15, 0.2) is 5.17 Å². The molecule has 0 aliphatic carbocycles. The quantitative estimate of drug-likeness (QED) is 0.408. The summed E-state index contributed by atoms with van der Waals surface area (Å²) in [6.07, 6.45) is 1.72. The van der Waals surface area contributed by atoms with E-state index in [0.717, 1.165) is 27.4 Å². The highest BCUT2D eigenvalue weighted by Gasteiger charge is 2.25. The van der Waals surface area contributed by atoms with Crippen LogP contribution in [0, 0.1) is 0 Å². The van der Waals surface area contributed by atoms with Crippen molar-refractivity contribution in [2.24, 2.45) is 4.99 Å². The van der Waals surface area contributed by atoms with Crippen molar-refractivity contribution < 1.29 is 14.3 Å². The van der Waals surface area contributed by atoms with Crippen molar-refractivity contribution >= 4 is 62.4 Å². The Bertz CT molecular complexity index is 1230. The van der Waals surface area contributed by atoms with E-state index in [1.807, 2.05) is 48.5 Å². The fourth-order valence-electron chi connectivity index (χ4n) is 2.86. The van der Waals surface area contributed by atoms with Crippen LogP contribution in [0.2, 0.25) is 5.02 Å². The minimum atomic E-state index is -0.413. The fourth-order valence-corrected chi connectivity index (χ4v) is 4.18. The summed E-state index contributed by atoms with van der Waals surface area (Å²) < 4.78 is 6.83. The van der Waals surface area contributed by atoms with Crippen LogP contribution in [0.5, 0.6) is 5.75 Å². The van der Waals surface area contributed by atoms with Crippen LogP contribution in [-0.4, -0.2) is 17.0 Å². The molecule has 0 atom stereocenters. The van der Waals surface area contributed by atoms with Crippen LogP contribution in [0.25, 0.3) is 6.08 Å². The molecule has 4 rings (SSSR count). The first-order chi connectivity index (χ1) is 15.5. The molecule has 32 heavy (non-hydrogen) atoms. The minimum absolute atomic E-state index is 0.244. The SMILES string of the molecule is O=C1NC(=NC(=O)c2ccccc2)S/C1=C\c1cc(Br)ccc1OCc1ccc(Cl)cc1. The van der Waals surface area contributed by atoms with E-state index in [1.165, 1.54) is 0 Å². The molecule has 1 saturated heterocycles. The maximum absolute atomic E-state index is 12.5. The highest BCUT2D eigenvalue weighted by molar-refractivity contribution is 9.10. The van der Waals surface area contributed by atoms with Gasteiger partial charge in [0.1, 0.15) is 12.4 Å². The number of aliphatic imine (C=N–C) groups is 1. The van der Waals surface area contributed by atoms with E-state index in [4.69, 9.17) is 16.3 Å². The number of amides is 2. The number of halogens is 2. The third-order valence-corrected chi connectivity index (χ3v) is 6.10. The monoisotopic (exact) mass is 526 g/mol. The zero-order valence-electron chi connectivity index (χ0n) is 16.5. The van der Waals surface area contributed by atoms with E-state index in [9.17, 15) is 9.59 Å². The molecular formula is C24H16BrClN2O3S. The van der Waals surface area contributed by atoms with Crippen LogP contribution in [0.4, 0.5) is 0 Å². The van der Waals surface area contributed by atoms with E-state index < -0.39 is 5.91 Å². The van der Waals surface area contributed by atoms with E-state index >= 15 is 0 Å². The van der Waals surface area contributed by atoms with Crippen LogP contribution >= 0.6 is 39.3 Å². The van der Waals surface area contributed by atoms with Crippen molar-refractivity contribution in [3.63, 3.8) is 0 Å². The first-order valence-electron chi connectivity index (χ1n) is 9.54. The van der Waals surface area contributed by atoms with Gasteiger partial charge in [-0.3, -0.25) is 9.59 Å². The topological polar surface area (TPSA) is 67.8 Å². The molecule has 0 aromatic heterocycles. The zero-order valence-corrected chi connectivity index (χ0v) is 19.7. The van der Waals surface area contributed by atoms with Gasteiger partial charge < -0.3 is 10.1 Å². The van der Waals surface area contributed by atoms with E-state index in [1.54, 1.807) is 30.3 Å². The van der Waals surface area contributed by atoms with Crippen LogP contribution < -0.4 is 10.1 Å². The Labute approximate surface area is 202 Å². The Hall–Kier alpha value is -2.87. The van der Waals surface area contributed by atoms with Gasteiger partial charge in [-0.15, -0.1) is 0 Å². The minimum Gasteiger partial charge on any atom is -0.488 e. The van der Waals surface area contributed by atoms with Crippen molar-refractivity contribution in [3.8, 4) is 5.75 Å². The molecule has 1 N–H and O–H groups in total. The maximum Gasteiger partial charge on any atom is 0.279 e. The molecule has 0 unspecified atom stereocenters. The maximum atomic E-state index is 12.5. The summed E-state index contributed by atoms with van der Waals surface area (Å²) in [5.74, 6) is -0.114. The Kier molecular flexibility index (Phi) is 7.09. The molecule has 0 spiro atoms. The summed E-state index contributed by atoms with van der Waals surface area (Å²) in [7, 11) is 0. The molecule has 1 aliphatic rings. The molecule has 1 heterocycles. The Morgan fingerprint density at radius 3 is 2.59 bits per heavy atom. The lowest BCUT2D eigenvalue weighted by Crippen LogP contribution is -2.20.